The number of imidazole rings is 1. The number of piperazine rings is 1. The van der Waals surface area contributed by atoms with Gasteiger partial charge in [0.15, 0.2) is 17.0 Å². The van der Waals surface area contributed by atoms with Gasteiger partial charge in [-0.25, -0.2) is 4.98 Å². The average Bonchev–Trinajstić information content (AvgIpc) is 2.72. The molecule has 0 bridgehead atoms. The molecule has 0 spiro atoms. The van der Waals surface area contributed by atoms with Gasteiger partial charge in [0.05, 0.1) is 6.33 Å². The summed E-state index contributed by atoms with van der Waals surface area (Å²) in [5, 5.41) is 3.58. The van der Waals surface area contributed by atoms with E-state index in [4.69, 9.17) is 11.6 Å². The van der Waals surface area contributed by atoms with Crippen molar-refractivity contribution in [3.05, 3.63) is 11.6 Å². The molecule has 1 saturated heterocycles. The van der Waals surface area contributed by atoms with Crippen molar-refractivity contribution in [1.82, 2.24) is 24.8 Å². The number of aromatic nitrogens is 4. The van der Waals surface area contributed by atoms with E-state index in [9.17, 15) is 0 Å². The Bertz CT molecular complexity index is 549. The van der Waals surface area contributed by atoms with Crippen LogP contribution in [0.4, 0.5) is 5.82 Å². The van der Waals surface area contributed by atoms with Crippen LogP contribution in [0.5, 0.6) is 0 Å². The topological polar surface area (TPSA) is 58.9 Å². The first-order valence-corrected chi connectivity index (χ1v) is 5.94. The minimum absolute atomic E-state index is 0. The third kappa shape index (κ3) is 2.23. The summed E-state index contributed by atoms with van der Waals surface area (Å²) in [6.07, 6.45) is 1.74. The van der Waals surface area contributed by atoms with Crippen molar-refractivity contribution in [3.63, 3.8) is 0 Å². The van der Waals surface area contributed by atoms with Crippen molar-refractivity contribution in [2.45, 2.75) is 0 Å². The summed E-state index contributed by atoms with van der Waals surface area (Å²) in [7, 11) is 1.90. The molecule has 1 aliphatic heterocycles. The molecule has 0 atom stereocenters. The molecule has 3 rings (SSSR count). The number of nitrogens with zero attached hydrogens (tertiary/aromatic N) is 5. The number of hydrogen-bond acceptors (Lipinski definition) is 5. The van der Waals surface area contributed by atoms with E-state index in [0.29, 0.717) is 0 Å². The molecule has 98 valence electrons. The molecule has 1 fully saturated rings. The van der Waals surface area contributed by atoms with Crippen LogP contribution in [0.15, 0.2) is 6.33 Å². The minimum Gasteiger partial charge on any atom is -0.352 e. The molecule has 18 heavy (non-hydrogen) atoms. The summed E-state index contributed by atoms with van der Waals surface area (Å²) in [5.74, 6) is 0.835. The van der Waals surface area contributed by atoms with Crippen LogP contribution in [0.2, 0.25) is 5.28 Å². The molecule has 2 aromatic heterocycles. The Hall–Kier alpha value is -1.11. The Labute approximate surface area is 116 Å². The summed E-state index contributed by atoms with van der Waals surface area (Å²) >= 11 is 5.97. The molecular weight excluding hydrogens is 275 g/mol. The van der Waals surface area contributed by atoms with E-state index < -0.39 is 0 Å². The maximum atomic E-state index is 5.97. The van der Waals surface area contributed by atoms with Crippen LogP contribution in [0, 0.1) is 0 Å². The highest BCUT2D eigenvalue weighted by Gasteiger charge is 2.18. The fourth-order valence-electron chi connectivity index (χ4n) is 2.06. The van der Waals surface area contributed by atoms with Gasteiger partial charge in [-0.1, -0.05) is 0 Å². The second-order valence-electron chi connectivity index (χ2n) is 4.08. The van der Waals surface area contributed by atoms with Crippen LogP contribution in [0.3, 0.4) is 0 Å². The second kappa shape index (κ2) is 5.26. The van der Waals surface area contributed by atoms with Crippen LogP contribution in [0.25, 0.3) is 11.2 Å². The summed E-state index contributed by atoms with van der Waals surface area (Å²) in [5.41, 5.74) is 1.59. The smallest absolute Gasteiger partial charge is 0.226 e. The summed E-state index contributed by atoms with van der Waals surface area (Å²) < 4.78 is 1.86. The molecule has 0 amide bonds. The van der Waals surface area contributed by atoms with E-state index in [1.54, 1.807) is 6.33 Å². The quantitative estimate of drug-likeness (QED) is 0.789. The van der Waals surface area contributed by atoms with Crippen LogP contribution in [-0.2, 0) is 7.05 Å². The number of hydrogen-bond donors (Lipinski definition) is 1. The first-order valence-electron chi connectivity index (χ1n) is 5.56. The zero-order valence-electron chi connectivity index (χ0n) is 9.93. The van der Waals surface area contributed by atoms with Gasteiger partial charge in [-0.05, 0) is 11.6 Å². The van der Waals surface area contributed by atoms with Crippen LogP contribution >= 0.6 is 24.0 Å². The molecule has 0 unspecified atom stereocenters. The molecule has 0 saturated carbocycles. The van der Waals surface area contributed by atoms with Crippen molar-refractivity contribution in [2.24, 2.45) is 7.05 Å². The van der Waals surface area contributed by atoms with Crippen molar-refractivity contribution < 1.29 is 0 Å². The van der Waals surface area contributed by atoms with Crippen LogP contribution < -0.4 is 10.2 Å². The number of anilines is 1. The number of nitrogens with one attached hydrogen (secondary N) is 1. The fraction of sp³-hybridized carbons (Fsp3) is 0.500. The number of fused-ring (bicyclic) bond motifs is 1. The maximum absolute atomic E-state index is 5.97. The third-order valence-electron chi connectivity index (χ3n) is 2.93. The Morgan fingerprint density at radius 3 is 2.72 bits per heavy atom. The Kier molecular flexibility index (Phi) is 3.89. The van der Waals surface area contributed by atoms with Gasteiger partial charge in [-0.15, -0.1) is 12.4 Å². The highest BCUT2D eigenvalue weighted by atomic mass is 35.5. The van der Waals surface area contributed by atoms with E-state index in [0.717, 1.165) is 43.2 Å². The van der Waals surface area contributed by atoms with Crippen LogP contribution in [0.1, 0.15) is 0 Å². The number of halogens is 2. The van der Waals surface area contributed by atoms with Gasteiger partial charge in [0, 0.05) is 33.2 Å². The average molecular weight is 289 g/mol. The van der Waals surface area contributed by atoms with Gasteiger partial charge in [0.2, 0.25) is 5.28 Å². The molecule has 1 N–H and O–H groups in total. The lowest BCUT2D eigenvalue weighted by Gasteiger charge is -2.28. The molecule has 1 aliphatic rings. The predicted octanol–water partition coefficient (Wildman–Crippen LogP) is 0.848. The Balaban J connectivity index is 0.00000120. The fourth-order valence-corrected chi connectivity index (χ4v) is 2.22. The van der Waals surface area contributed by atoms with Crippen molar-refractivity contribution >= 4 is 41.0 Å². The van der Waals surface area contributed by atoms with Crippen LogP contribution in [-0.4, -0.2) is 45.7 Å². The molecule has 0 aromatic carbocycles. The number of aryl methyl sites for hydroxylation is 1. The van der Waals surface area contributed by atoms with E-state index in [1.165, 1.54) is 0 Å². The summed E-state index contributed by atoms with van der Waals surface area (Å²) in [6.45, 7) is 3.74. The third-order valence-corrected chi connectivity index (χ3v) is 3.10. The highest BCUT2D eigenvalue weighted by Crippen LogP contribution is 2.23. The van der Waals surface area contributed by atoms with Gasteiger partial charge in [0.25, 0.3) is 0 Å². The largest absolute Gasteiger partial charge is 0.352 e. The zero-order chi connectivity index (χ0) is 11.8. The van der Waals surface area contributed by atoms with Gasteiger partial charge in [-0.2, -0.15) is 9.97 Å². The number of rotatable bonds is 1. The van der Waals surface area contributed by atoms with E-state index >= 15 is 0 Å². The summed E-state index contributed by atoms with van der Waals surface area (Å²) in [6, 6.07) is 0. The monoisotopic (exact) mass is 288 g/mol. The Morgan fingerprint density at radius 2 is 2.00 bits per heavy atom. The molecular formula is C10H14Cl2N6. The molecule has 0 aliphatic carbocycles. The first kappa shape index (κ1) is 13.3. The van der Waals surface area contributed by atoms with Gasteiger partial charge in [-0.3, -0.25) is 0 Å². The van der Waals surface area contributed by atoms with Crippen molar-refractivity contribution in [2.75, 3.05) is 31.1 Å². The van der Waals surface area contributed by atoms with Crippen molar-refractivity contribution in [3.8, 4) is 0 Å². The van der Waals surface area contributed by atoms with E-state index in [1.807, 2.05) is 11.6 Å². The lowest BCUT2D eigenvalue weighted by Crippen LogP contribution is -2.44. The first-order chi connectivity index (χ1) is 8.25. The Morgan fingerprint density at radius 1 is 1.28 bits per heavy atom. The van der Waals surface area contributed by atoms with Crippen molar-refractivity contribution in [1.29, 1.82) is 0 Å². The molecule has 0 radical (unpaired) electrons. The normalized spacial score (nSPS) is 15.8. The van der Waals surface area contributed by atoms with E-state index in [-0.39, 0.29) is 17.7 Å². The molecule has 8 heteroatoms. The van der Waals surface area contributed by atoms with E-state index in [2.05, 4.69) is 25.2 Å². The van der Waals surface area contributed by atoms with Gasteiger partial charge in [0.1, 0.15) is 0 Å². The summed E-state index contributed by atoms with van der Waals surface area (Å²) in [4.78, 5) is 15.1. The minimum atomic E-state index is 0. The highest BCUT2D eigenvalue weighted by molar-refractivity contribution is 6.28. The second-order valence-corrected chi connectivity index (χ2v) is 4.42. The standard InChI is InChI=1S/C10H13ClN6.ClH/c1-16-6-13-7-8(16)14-10(11)15-9(7)17-4-2-12-3-5-17;/h6,12H,2-5H2,1H3;1H. The molecule has 6 nitrogen and oxygen atoms in total. The zero-order valence-corrected chi connectivity index (χ0v) is 11.5. The predicted molar refractivity (Wildman–Crippen MR) is 73.6 cm³/mol. The molecule has 2 aromatic rings. The van der Waals surface area contributed by atoms with Gasteiger partial charge >= 0.3 is 0 Å². The maximum Gasteiger partial charge on any atom is 0.226 e. The SMILES string of the molecule is Cl.Cn1cnc2c(N3CCNCC3)nc(Cl)nc21. The molecule has 3 heterocycles. The van der Waals surface area contributed by atoms with Gasteiger partial charge < -0.3 is 14.8 Å². The lowest BCUT2D eigenvalue weighted by molar-refractivity contribution is 0.586. The lowest BCUT2D eigenvalue weighted by atomic mass is 10.3.